The van der Waals surface area contributed by atoms with Crippen LogP contribution in [0.5, 0.6) is 0 Å². The zero-order valence-electron chi connectivity index (χ0n) is 15.6. The molecule has 1 heterocycles. The fourth-order valence-electron chi connectivity index (χ4n) is 2.80. The third-order valence-electron chi connectivity index (χ3n) is 4.22. The van der Waals surface area contributed by atoms with E-state index >= 15 is 0 Å². The van der Waals surface area contributed by atoms with E-state index in [-0.39, 0.29) is 11.8 Å². The van der Waals surface area contributed by atoms with Gasteiger partial charge in [-0.25, -0.2) is 0 Å². The van der Waals surface area contributed by atoms with Crippen LogP contribution in [0.4, 0.5) is 0 Å². The van der Waals surface area contributed by atoms with Crippen molar-refractivity contribution in [3.63, 3.8) is 0 Å². The number of nitrogens with zero attached hydrogens (tertiary/aromatic N) is 4. The summed E-state index contributed by atoms with van der Waals surface area (Å²) in [5, 5.41) is 9.68. The second-order valence-electron chi connectivity index (χ2n) is 6.31. The smallest absolute Gasteiger partial charge is 0.191 e. The topological polar surface area (TPSA) is 51.0 Å². The molecule has 0 saturated carbocycles. The fourth-order valence-corrected chi connectivity index (χ4v) is 3.66. The highest BCUT2D eigenvalue weighted by Crippen LogP contribution is 2.26. The summed E-state index contributed by atoms with van der Waals surface area (Å²) in [6, 6.07) is 9.66. The molecule has 0 radical (unpaired) electrons. The van der Waals surface area contributed by atoms with Crippen molar-refractivity contribution in [3.05, 3.63) is 41.7 Å². The first-order chi connectivity index (χ1) is 12.1. The lowest BCUT2D eigenvalue weighted by Gasteiger charge is -2.23. The Labute approximate surface area is 154 Å². The van der Waals surface area contributed by atoms with Crippen LogP contribution in [-0.4, -0.2) is 45.3 Å². The number of carbonyl (C=O) groups excluding carboxylic acids is 1. The molecule has 0 saturated heterocycles. The molecule has 0 aliphatic carbocycles. The van der Waals surface area contributed by atoms with Crippen LogP contribution in [0.2, 0.25) is 0 Å². The maximum Gasteiger partial charge on any atom is 0.191 e. The maximum absolute atomic E-state index is 12.4. The van der Waals surface area contributed by atoms with Crippen molar-refractivity contribution in [3.8, 4) is 0 Å². The molecule has 136 valence electrons. The molecular formula is C19H28N4OS. The average Bonchev–Trinajstić information content (AvgIpc) is 3.01. The quantitative estimate of drug-likeness (QED) is 0.472. The standard InChI is InChI=1S/C19H28N4OS/c1-5-7-13-23-18(16(6-2)22(3)4)20-21-19(23)25-14-17(24)15-11-9-8-10-12-15/h8-12,16H,5-7,13-14H2,1-4H3. The van der Waals surface area contributed by atoms with Crippen molar-refractivity contribution >= 4 is 17.5 Å². The van der Waals surface area contributed by atoms with Crippen molar-refractivity contribution in [2.75, 3.05) is 19.8 Å². The van der Waals surface area contributed by atoms with Gasteiger partial charge in [-0.1, -0.05) is 62.4 Å². The Morgan fingerprint density at radius 3 is 2.52 bits per heavy atom. The Morgan fingerprint density at radius 1 is 1.20 bits per heavy atom. The molecule has 1 unspecified atom stereocenters. The lowest BCUT2D eigenvalue weighted by atomic mass is 10.2. The number of hydrogen-bond donors (Lipinski definition) is 0. The highest BCUT2D eigenvalue weighted by atomic mass is 32.2. The summed E-state index contributed by atoms with van der Waals surface area (Å²) in [6.07, 6.45) is 3.17. The molecule has 2 rings (SSSR count). The average molecular weight is 361 g/mol. The van der Waals surface area contributed by atoms with Crippen LogP contribution in [0.25, 0.3) is 0 Å². The van der Waals surface area contributed by atoms with E-state index < -0.39 is 0 Å². The lowest BCUT2D eigenvalue weighted by molar-refractivity contribution is 0.102. The summed E-state index contributed by atoms with van der Waals surface area (Å²) in [5.74, 6) is 1.50. The van der Waals surface area contributed by atoms with Crippen molar-refractivity contribution in [2.24, 2.45) is 0 Å². The van der Waals surface area contributed by atoms with Gasteiger partial charge < -0.3 is 4.57 Å². The van der Waals surface area contributed by atoms with Gasteiger partial charge in [0.05, 0.1) is 11.8 Å². The van der Waals surface area contributed by atoms with Crippen LogP contribution in [0, 0.1) is 0 Å². The van der Waals surface area contributed by atoms with E-state index in [0.29, 0.717) is 5.75 Å². The van der Waals surface area contributed by atoms with Gasteiger partial charge in [-0.2, -0.15) is 0 Å². The predicted octanol–water partition coefficient (Wildman–Crippen LogP) is 4.07. The molecule has 0 fully saturated rings. The van der Waals surface area contributed by atoms with Crippen molar-refractivity contribution < 1.29 is 4.79 Å². The van der Waals surface area contributed by atoms with Crippen molar-refractivity contribution in [2.45, 2.75) is 50.9 Å². The Hall–Kier alpha value is -1.66. The number of thioether (sulfide) groups is 1. The highest BCUT2D eigenvalue weighted by Gasteiger charge is 2.22. The molecule has 0 aliphatic heterocycles. The first-order valence-corrected chi connectivity index (χ1v) is 9.87. The number of Topliss-reactive ketones (excluding diaryl/α,β-unsaturated/α-hetero) is 1. The number of benzene rings is 1. The third kappa shape index (κ3) is 5.16. The molecule has 2 aromatic rings. The molecule has 0 aliphatic rings. The van der Waals surface area contributed by atoms with E-state index in [1.54, 1.807) is 0 Å². The summed E-state index contributed by atoms with van der Waals surface area (Å²) in [7, 11) is 4.14. The van der Waals surface area contributed by atoms with Gasteiger partial charge in [0.1, 0.15) is 0 Å². The largest absolute Gasteiger partial charge is 0.305 e. The normalized spacial score (nSPS) is 12.5. The zero-order valence-corrected chi connectivity index (χ0v) is 16.4. The van der Waals surface area contributed by atoms with Gasteiger partial charge >= 0.3 is 0 Å². The predicted molar refractivity (Wildman–Crippen MR) is 103 cm³/mol. The Kier molecular flexibility index (Phi) is 7.65. The minimum atomic E-state index is 0.122. The first-order valence-electron chi connectivity index (χ1n) is 8.89. The second-order valence-corrected chi connectivity index (χ2v) is 7.25. The molecule has 0 N–H and O–H groups in total. The summed E-state index contributed by atoms with van der Waals surface area (Å²) < 4.78 is 2.20. The fraction of sp³-hybridized carbons (Fsp3) is 0.526. The van der Waals surface area contributed by atoms with Gasteiger partial charge in [-0.3, -0.25) is 9.69 Å². The van der Waals surface area contributed by atoms with Crippen LogP contribution in [0.3, 0.4) is 0 Å². The van der Waals surface area contributed by atoms with Crippen LogP contribution >= 0.6 is 11.8 Å². The molecule has 6 heteroatoms. The van der Waals surface area contributed by atoms with E-state index in [2.05, 4.69) is 47.6 Å². The Morgan fingerprint density at radius 2 is 1.92 bits per heavy atom. The molecule has 5 nitrogen and oxygen atoms in total. The lowest BCUT2D eigenvalue weighted by Crippen LogP contribution is -2.23. The summed E-state index contributed by atoms with van der Waals surface area (Å²) >= 11 is 1.48. The Balaban J connectivity index is 2.16. The number of carbonyl (C=O) groups is 1. The summed E-state index contributed by atoms with van der Waals surface area (Å²) in [6.45, 7) is 5.24. The molecule has 1 aromatic heterocycles. The molecule has 0 bridgehead atoms. The van der Waals surface area contributed by atoms with E-state index in [1.807, 2.05) is 30.3 Å². The van der Waals surface area contributed by atoms with Gasteiger partial charge in [-0.15, -0.1) is 10.2 Å². The molecule has 0 amide bonds. The molecule has 25 heavy (non-hydrogen) atoms. The number of unbranched alkanes of at least 4 members (excludes halogenated alkanes) is 1. The third-order valence-corrected chi connectivity index (χ3v) is 5.18. The number of ketones is 1. The van der Waals surface area contributed by atoms with Gasteiger partial charge in [0, 0.05) is 12.1 Å². The highest BCUT2D eigenvalue weighted by molar-refractivity contribution is 7.99. The van der Waals surface area contributed by atoms with Gasteiger partial charge in [0.2, 0.25) is 0 Å². The van der Waals surface area contributed by atoms with E-state index in [0.717, 1.165) is 42.4 Å². The van der Waals surface area contributed by atoms with Gasteiger partial charge in [0.25, 0.3) is 0 Å². The van der Waals surface area contributed by atoms with E-state index in [4.69, 9.17) is 0 Å². The van der Waals surface area contributed by atoms with Crippen LogP contribution in [0.1, 0.15) is 55.3 Å². The summed E-state index contributed by atoms with van der Waals surface area (Å²) in [4.78, 5) is 14.5. The van der Waals surface area contributed by atoms with E-state index in [1.165, 1.54) is 11.8 Å². The minimum absolute atomic E-state index is 0.122. The molecule has 1 atom stereocenters. The SMILES string of the molecule is CCCCn1c(SCC(=O)c2ccccc2)nnc1C(CC)N(C)C. The number of aromatic nitrogens is 3. The number of rotatable bonds is 10. The molecular weight excluding hydrogens is 332 g/mol. The monoisotopic (exact) mass is 360 g/mol. The van der Waals surface area contributed by atoms with Crippen molar-refractivity contribution in [1.29, 1.82) is 0 Å². The van der Waals surface area contributed by atoms with Gasteiger partial charge in [-0.05, 0) is 26.9 Å². The zero-order chi connectivity index (χ0) is 18.2. The first kappa shape index (κ1) is 19.7. The van der Waals surface area contributed by atoms with Crippen LogP contribution in [0.15, 0.2) is 35.5 Å². The molecule has 1 aromatic carbocycles. The van der Waals surface area contributed by atoms with E-state index in [9.17, 15) is 4.79 Å². The van der Waals surface area contributed by atoms with Gasteiger partial charge in [0.15, 0.2) is 16.8 Å². The van der Waals surface area contributed by atoms with Crippen molar-refractivity contribution in [1.82, 2.24) is 19.7 Å². The molecule has 0 spiro atoms. The second kappa shape index (κ2) is 9.73. The van der Waals surface area contributed by atoms with Crippen LogP contribution in [-0.2, 0) is 6.54 Å². The Bertz CT molecular complexity index is 669. The summed E-state index contributed by atoms with van der Waals surface area (Å²) in [5.41, 5.74) is 0.745. The number of hydrogen-bond acceptors (Lipinski definition) is 5. The minimum Gasteiger partial charge on any atom is -0.305 e. The van der Waals surface area contributed by atoms with Crippen LogP contribution < -0.4 is 0 Å². The maximum atomic E-state index is 12.4.